The Morgan fingerprint density at radius 1 is 0.266 bits per heavy atom. The molecule has 0 aliphatic rings. The summed E-state index contributed by atoms with van der Waals surface area (Å²) in [6.07, 6.45) is 50.9. The third-order valence-corrected chi connectivity index (χ3v) is 13.1. The Labute approximate surface area is 399 Å². The Morgan fingerprint density at radius 3 is 0.672 bits per heavy atom. The summed E-state index contributed by atoms with van der Waals surface area (Å²) in [5.41, 5.74) is 0. The molecule has 0 saturated heterocycles. The first-order valence-electron chi connectivity index (χ1n) is 28.6. The molecule has 0 aromatic rings. The Kier molecular flexibility index (Phi) is 48.1. The average Bonchev–Trinajstić information content (AvgIpc) is 3.25. The molecular formula is C58H112O6. The monoisotopic (exact) mass is 905 g/mol. The third-order valence-electron chi connectivity index (χ3n) is 13.1. The zero-order valence-corrected chi connectivity index (χ0v) is 44.1. The molecule has 6 heteroatoms. The summed E-state index contributed by atoms with van der Waals surface area (Å²) >= 11 is 0. The number of carbonyl (C=O) groups is 3. The van der Waals surface area contributed by atoms with E-state index in [1.165, 1.54) is 199 Å². The normalized spacial score (nSPS) is 12.1. The lowest BCUT2D eigenvalue weighted by molar-refractivity contribution is -0.167. The SMILES string of the molecule is CC(C)CCCCCCCCCCCCCCCC(=O)OC[C@@H](COC(=O)CCCCCCCCCCCCCC(C)C)OC(=O)CCCCCCCCCCCCCCCC(C)C. The smallest absolute Gasteiger partial charge is 0.306 e. The molecule has 0 aromatic carbocycles. The number of hydrogen-bond acceptors (Lipinski definition) is 6. The van der Waals surface area contributed by atoms with Crippen LogP contribution in [0.15, 0.2) is 0 Å². The zero-order valence-electron chi connectivity index (χ0n) is 44.1. The second-order valence-corrected chi connectivity index (χ2v) is 21.4. The van der Waals surface area contributed by atoms with Crippen molar-refractivity contribution >= 4 is 17.9 Å². The van der Waals surface area contributed by atoms with Crippen molar-refractivity contribution in [2.24, 2.45) is 17.8 Å². The lowest BCUT2D eigenvalue weighted by atomic mass is 10.0. The first-order valence-corrected chi connectivity index (χ1v) is 28.6. The number of ether oxygens (including phenoxy) is 3. The van der Waals surface area contributed by atoms with Gasteiger partial charge in [-0.05, 0) is 37.0 Å². The van der Waals surface area contributed by atoms with Crippen LogP contribution >= 0.6 is 0 Å². The molecule has 64 heavy (non-hydrogen) atoms. The van der Waals surface area contributed by atoms with E-state index in [0.29, 0.717) is 19.3 Å². The summed E-state index contributed by atoms with van der Waals surface area (Å²) in [6, 6.07) is 0. The lowest BCUT2D eigenvalue weighted by Gasteiger charge is -2.18. The fourth-order valence-corrected chi connectivity index (χ4v) is 8.82. The number of carbonyl (C=O) groups excluding carboxylic acids is 3. The molecule has 6 nitrogen and oxygen atoms in total. The molecule has 0 rings (SSSR count). The molecule has 0 aromatic heterocycles. The molecule has 0 bridgehead atoms. The van der Waals surface area contributed by atoms with E-state index in [1.807, 2.05) is 0 Å². The van der Waals surface area contributed by atoms with Crippen molar-refractivity contribution in [2.75, 3.05) is 13.2 Å². The fourth-order valence-electron chi connectivity index (χ4n) is 8.82. The summed E-state index contributed by atoms with van der Waals surface area (Å²) in [7, 11) is 0. The van der Waals surface area contributed by atoms with E-state index in [9.17, 15) is 14.4 Å². The van der Waals surface area contributed by atoms with Crippen molar-refractivity contribution in [2.45, 2.75) is 324 Å². The maximum absolute atomic E-state index is 12.8. The maximum atomic E-state index is 12.8. The molecule has 0 aliphatic heterocycles. The van der Waals surface area contributed by atoms with E-state index in [4.69, 9.17) is 14.2 Å². The fraction of sp³-hybridized carbons (Fsp3) is 0.948. The Balaban J connectivity index is 4.31. The molecule has 0 aliphatic carbocycles. The number of rotatable bonds is 51. The summed E-state index contributed by atoms with van der Waals surface area (Å²) in [6.45, 7) is 13.8. The quantitative estimate of drug-likeness (QED) is 0.0344. The second kappa shape index (κ2) is 49.3. The summed E-state index contributed by atoms with van der Waals surface area (Å²) in [5.74, 6) is 1.66. The molecule has 0 amide bonds. The van der Waals surface area contributed by atoms with Crippen LogP contribution < -0.4 is 0 Å². The minimum atomic E-state index is -0.763. The number of unbranched alkanes of at least 4 members (excludes halogenated alkanes) is 34. The van der Waals surface area contributed by atoms with Crippen molar-refractivity contribution in [3.63, 3.8) is 0 Å². The highest BCUT2D eigenvalue weighted by atomic mass is 16.6. The molecule has 1 atom stereocenters. The van der Waals surface area contributed by atoms with Crippen LogP contribution in [0, 0.1) is 17.8 Å². The summed E-state index contributed by atoms with van der Waals surface area (Å²) in [5, 5.41) is 0. The van der Waals surface area contributed by atoms with Crippen molar-refractivity contribution in [1.82, 2.24) is 0 Å². The van der Waals surface area contributed by atoms with Gasteiger partial charge in [0.15, 0.2) is 6.10 Å². The molecule has 0 spiro atoms. The van der Waals surface area contributed by atoms with Gasteiger partial charge in [-0.15, -0.1) is 0 Å². The first-order chi connectivity index (χ1) is 31.1. The third kappa shape index (κ3) is 51.4. The average molecular weight is 906 g/mol. The van der Waals surface area contributed by atoms with Crippen LogP contribution in [0.3, 0.4) is 0 Å². The molecule has 0 unspecified atom stereocenters. The summed E-state index contributed by atoms with van der Waals surface area (Å²) in [4.78, 5) is 38.1. The minimum Gasteiger partial charge on any atom is -0.462 e. The molecule has 0 heterocycles. The predicted molar refractivity (Wildman–Crippen MR) is 275 cm³/mol. The van der Waals surface area contributed by atoms with Crippen LogP contribution in [-0.2, 0) is 28.6 Å². The molecule has 0 N–H and O–H groups in total. The van der Waals surface area contributed by atoms with Crippen LogP contribution in [0.5, 0.6) is 0 Å². The summed E-state index contributed by atoms with van der Waals surface area (Å²) < 4.78 is 16.9. The van der Waals surface area contributed by atoms with Crippen molar-refractivity contribution < 1.29 is 28.6 Å². The van der Waals surface area contributed by atoms with Gasteiger partial charge in [0.05, 0.1) is 0 Å². The van der Waals surface area contributed by atoms with Gasteiger partial charge in [-0.3, -0.25) is 14.4 Å². The lowest BCUT2D eigenvalue weighted by Crippen LogP contribution is -2.30. The van der Waals surface area contributed by atoms with E-state index in [-0.39, 0.29) is 31.1 Å². The molecular weight excluding hydrogens is 793 g/mol. The largest absolute Gasteiger partial charge is 0.462 e. The van der Waals surface area contributed by atoms with E-state index < -0.39 is 6.10 Å². The predicted octanol–water partition coefficient (Wildman–Crippen LogP) is 18.7. The van der Waals surface area contributed by atoms with E-state index in [2.05, 4.69) is 41.5 Å². The van der Waals surface area contributed by atoms with Gasteiger partial charge in [-0.25, -0.2) is 0 Å². The Morgan fingerprint density at radius 2 is 0.453 bits per heavy atom. The minimum absolute atomic E-state index is 0.0636. The van der Waals surface area contributed by atoms with Crippen LogP contribution in [0.25, 0.3) is 0 Å². The van der Waals surface area contributed by atoms with Gasteiger partial charge in [-0.2, -0.15) is 0 Å². The molecule has 0 radical (unpaired) electrons. The Bertz CT molecular complexity index is 991. The van der Waals surface area contributed by atoms with Crippen molar-refractivity contribution in [3.8, 4) is 0 Å². The number of hydrogen-bond donors (Lipinski definition) is 0. The van der Waals surface area contributed by atoms with Gasteiger partial charge in [-0.1, -0.05) is 279 Å². The van der Waals surface area contributed by atoms with Gasteiger partial charge in [0.25, 0.3) is 0 Å². The second-order valence-electron chi connectivity index (χ2n) is 21.4. The first kappa shape index (κ1) is 62.4. The van der Waals surface area contributed by atoms with Crippen molar-refractivity contribution in [3.05, 3.63) is 0 Å². The highest BCUT2D eigenvalue weighted by Gasteiger charge is 2.19. The highest BCUT2D eigenvalue weighted by Crippen LogP contribution is 2.18. The zero-order chi connectivity index (χ0) is 47.0. The van der Waals surface area contributed by atoms with E-state index in [0.717, 1.165) is 75.5 Å². The van der Waals surface area contributed by atoms with Crippen LogP contribution in [0.4, 0.5) is 0 Å². The van der Waals surface area contributed by atoms with Gasteiger partial charge in [0.1, 0.15) is 13.2 Å². The van der Waals surface area contributed by atoms with Crippen LogP contribution in [-0.4, -0.2) is 37.2 Å². The maximum Gasteiger partial charge on any atom is 0.306 e. The van der Waals surface area contributed by atoms with Crippen LogP contribution in [0.2, 0.25) is 0 Å². The standard InChI is InChI=1S/C58H112O6/c1-52(2)44-38-32-26-20-14-9-7-11-17-23-29-35-41-47-56(59)62-50-55(51-63-57(60)48-42-36-30-24-19-13-16-22-28-34-40-46-54(5)6)64-58(61)49-43-37-31-25-18-12-8-10-15-21-27-33-39-45-53(3)4/h52-55H,7-51H2,1-6H3/t55-/m0/s1. The van der Waals surface area contributed by atoms with Gasteiger partial charge in [0.2, 0.25) is 0 Å². The Hall–Kier alpha value is -1.59. The molecule has 380 valence electrons. The van der Waals surface area contributed by atoms with Crippen molar-refractivity contribution in [1.29, 1.82) is 0 Å². The molecule has 0 fully saturated rings. The number of esters is 3. The van der Waals surface area contributed by atoms with E-state index in [1.54, 1.807) is 0 Å². The van der Waals surface area contributed by atoms with Crippen LogP contribution in [0.1, 0.15) is 318 Å². The topological polar surface area (TPSA) is 78.9 Å². The van der Waals surface area contributed by atoms with Gasteiger partial charge >= 0.3 is 17.9 Å². The van der Waals surface area contributed by atoms with Gasteiger partial charge in [0, 0.05) is 19.3 Å². The highest BCUT2D eigenvalue weighted by molar-refractivity contribution is 5.71. The van der Waals surface area contributed by atoms with Gasteiger partial charge < -0.3 is 14.2 Å². The molecule has 0 saturated carbocycles. The van der Waals surface area contributed by atoms with E-state index >= 15 is 0 Å².